The molecule has 0 saturated carbocycles. The normalized spacial score (nSPS) is 17.6. The van der Waals surface area contributed by atoms with E-state index in [0.29, 0.717) is 5.92 Å². The fraction of sp³-hybridized carbons (Fsp3) is 0.368. The number of benzene rings is 1. The van der Waals surface area contributed by atoms with Crippen LogP contribution in [0.25, 0.3) is 0 Å². The molecule has 0 spiro atoms. The molecule has 0 bridgehead atoms. The highest BCUT2D eigenvalue weighted by Crippen LogP contribution is 2.18. The van der Waals surface area contributed by atoms with E-state index in [1.807, 2.05) is 13.1 Å². The molecule has 0 N–H and O–H groups in total. The largest absolute Gasteiger partial charge is 0.270 e. The van der Waals surface area contributed by atoms with E-state index >= 15 is 0 Å². The van der Waals surface area contributed by atoms with Gasteiger partial charge in [0.25, 0.3) is 0 Å². The van der Waals surface area contributed by atoms with Gasteiger partial charge < -0.3 is 0 Å². The molecule has 21 heavy (non-hydrogen) atoms. The molecule has 0 saturated heterocycles. The number of hydrogen-bond acceptors (Lipinski definition) is 1. The second-order valence-corrected chi connectivity index (χ2v) is 5.38. The summed E-state index contributed by atoms with van der Waals surface area (Å²) in [4.78, 5) is 9.34. The van der Waals surface area contributed by atoms with Crippen molar-refractivity contribution in [3.05, 3.63) is 59.7 Å². The van der Waals surface area contributed by atoms with Crippen LogP contribution in [0.4, 0.5) is 0 Å². The zero-order chi connectivity index (χ0) is 15.1. The Morgan fingerprint density at radius 2 is 2.00 bits per heavy atom. The fourth-order valence-electron chi connectivity index (χ4n) is 2.43. The fourth-order valence-corrected chi connectivity index (χ4v) is 2.43. The molecule has 1 atom stereocenters. The van der Waals surface area contributed by atoms with Crippen molar-refractivity contribution >= 4 is 11.5 Å². The average Bonchev–Trinajstić information content (AvgIpc) is 2.57. The van der Waals surface area contributed by atoms with Crippen molar-refractivity contribution in [3.8, 4) is 0 Å². The van der Waals surface area contributed by atoms with Crippen LogP contribution in [0.1, 0.15) is 38.7 Å². The second kappa shape index (κ2) is 7.72. The Morgan fingerprint density at radius 3 is 2.57 bits per heavy atom. The van der Waals surface area contributed by atoms with Crippen molar-refractivity contribution in [1.29, 1.82) is 0 Å². The Balaban J connectivity index is 2.40. The smallest absolute Gasteiger partial charge is 0.150 e. The first-order valence-electron chi connectivity index (χ1n) is 7.73. The predicted octanol–water partition coefficient (Wildman–Crippen LogP) is 4.83. The molecule has 0 unspecified atom stereocenters. The molecule has 0 heterocycles. The molecule has 0 aliphatic heterocycles. The highest BCUT2D eigenvalue weighted by molar-refractivity contribution is 6.13. The standard InChI is InChI=1S/C19H24N2/c1-4-15(2)18(16-11-7-5-8-12-16)21-19(20-3)17-13-9-6-10-14-17/h5-9,11-13,15H,4,10,14H2,1-3H3/t15-/m1/s1. The van der Waals surface area contributed by atoms with Crippen LogP contribution in [-0.4, -0.2) is 18.6 Å². The summed E-state index contributed by atoms with van der Waals surface area (Å²) < 4.78 is 0. The Bertz CT molecular complexity index is 577. The zero-order valence-electron chi connectivity index (χ0n) is 13.2. The van der Waals surface area contributed by atoms with Crippen molar-refractivity contribution < 1.29 is 0 Å². The van der Waals surface area contributed by atoms with Gasteiger partial charge in [0.15, 0.2) is 0 Å². The summed E-state index contributed by atoms with van der Waals surface area (Å²) >= 11 is 0. The van der Waals surface area contributed by atoms with Gasteiger partial charge in [-0.3, -0.25) is 4.99 Å². The first-order valence-corrected chi connectivity index (χ1v) is 7.73. The lowest BCUT2D eigenvalue weighted by Crippen LogP contribution is -2.15. The average molecular weight is 280 g/mol. The van der Waals surface area contributed by atoms with Gasteiger partial charge in [0.05, 0.1) is 5.71 Å². The van der Waals surface area contributed by atoms with Gasteiger partial charge in [-0.15, -0.1) is 0 Å². The van der Waals surface area contributed by atoms with Gasteiger partial charge in [0.2, 0.25) is 0 Å². The quantitative estimate of drug-likeness (QED) is 0.557. The summed E-state index contributed by atoms with van der Waals surface area (Å²) in [7, 11) is 1.83. The van der Waals surface area contributed by atoms with E-state index in [1.165, 1.54) is 11.1 Å². The third-order valence-corrected chi connectivity index (χ3v) is 3.89. The molecule has 0 aromatic heterocycles. The van der Waals surface area contributed by atoms with Crippen LogP contribution < -0.4 is 0 Å². The first kappa shape index (κ1) is 15.4. The molecular weight excluding hydrogens is 256 g/mol. The van der Waals surface area contributed by atoms with Crippen LogP contribution in [0, 0.1) is 5.92 Å². The summed E-state index contributed by atoms with van der Waals surface area (Å²) in [5.74, 6) is 1.29. The van der Waals surface area contributed by atoms with Crippen LogP contribution in [0.2, 0.25) is 0 Å². The van der Waals surface area contributed by atoms with Gasteiger partial charge in [0, 0.05) is 7.05 Å². The third-order valence-electron chi connectivity index (χ3n) is 3.89. The monoisotopic (exact) mass is 280 g/mol. The van der Waals surface area contributed by atoms with Crippen LogP contribution in [0.3, 0.4) is 0 Å². The Kier molecular flexibility index (Phi) is 5.68. The lowest BCUT2D eigenvalue weighted by Gasteiger charge is -2.15. The van der Waals surface area contributed by atoms with E-state index in [4.69, 9.17) is 4.99 Å². The molecule has 0 fully saturated rings. The number of rotatable bonds is 4. The van der Waals surface area contributed by atoms with Crippen LogP contribution in [-0.2, 0) is 0 Å². The molecule has 2 heteroatoms. The summed E-state index contributed by atoms with van der Waals surface area (Å²) in [5, 5.41) is 0. The summed E-state index contributed by atoms with van der Waals surface area (Å²) in [6, 6.07) is 10.4. The molecule has 1 aliphatic rings. The Hall–Kier alpha value is -1.96. The molecule has 0 amide bonds. The van der Waals surface area contributed by atoms with Crippen LogP contribution in [0.5, 0.6) is 0 Å². The Labute approximate surface area is 128 Å². The molecule has 110 valence electrons. The highest BCUT2D eigenvalue weighted by Gasteiger charge is 2.14. The van der Waals surface area contributed by atoms with Gasteiger partial charge in [-0.05, 0) is 36.3 Å². The first-order chi connectivity index (χ1) is 10.3. The number of aliphatic imine (C=N–C) groups is 2. The predicted molar refractivity (Wildman–Crippen MR) is 92.3 cm³/mol. The van der Waals surface area contributed by atoms with E-state index in [9.17, 15) is 0 Å². The van der Waals surface area contributed by atoms with Crippen molar-refractivity contribution in [3.63, 3.8) is 0 Å². The number of nitrogens with zero attached hydrogens (tertiary/aromatic N) is 2. The molecular formula is C19H24N2. The minimum Gasteiger partial charge on any atom is -0.270 e. The number of amidine groups is 1. The van der Waals surface area contributed by atoms with E-state index < -0.39 is 0 Å². The summed E-state index contributed by atoms with van der Waals surface area (Å²) in [6.07, 6.45) is 9.59. The van der Waals surface area contributed by atoms with Gasteiger partial charge >= 0.3 is 0 Å². The van der Waals surface area contributed by atoms with E-state index in [-0.39, 0.29) is 0 Å². The maximum atomic E-state index is 4.92. The molecule has 2 rings (SSSR count). The maximum Gasteiger partial charge on any atom is 0.150 e. The molecule has 1 aromatic carbocycles. The van der Waals surface area contributed by atoms with Crippen LogP contribution >= 0.6 is 0 Å². The highest BCUT2D eigenvalue weighted by atomic mass is 14.9. The van der Waals surface area contributed by atoms with E-state index in [0.717, 1.165) is 30.8 Å². The number of allylic oxidation sites excluding steroid dienone is 3. The van der Waals surface area contributed by atoms with Crippen molar-refractivity contribution in [1.82, 2.24) is 0 Å². The van der Waals surface area contributed by atoms with E-state index in [1.54, 1.807) is 0 Å². The van der Waals surface area contributed by atoms with Crippen molar-refractivity contribution in [2.45, 2.75) is 33.1 Å². The number of hydrogen-bond donors (Lipinski definition) is 0. The van der Waals surface area contributed by atoms with Gasteiger partial charge in [-0.25, -0.2) is 4.99 Å². The summed E-state index contributed by atoms with van der Waals surface area (Å²) in [5.41, 5.74) is 3.56. The van der Waals surface area contributed by atoms with E-state index in [2.05, 4.69) is 61.3 Å². The summed E-state index contributed by atoms with van der Waals surface area (Å²) in [6.45, 7) is 4.43. The van der Waals surface area contributed by atoms with Gasteiger partial charge in [0.1, 0.15) is 5.84 Å². The van der Waals surface area contributed by atoms with Crippen LogP contribution in [0.15, 0.2) is 64.1 Å². The third kappa shape index (κ3) is 4.01. The lowest BCUT2D eigenvalue weighted by atomic mass is 9.95. The lowest BCUT2D eigenvalue weighted by molar-refractivity contribution is 0.741. The second-order valence-electron chi connectivity index (χ2n) is 5.38. The van der Waals surface area contributed by atoms with Crippen molar-refractivity contribution in [2.24, 2.45) is 15.9 Å². The molecule has 2 nitrogen and oxygen atoms in total. The minimum absolute atomic E-state index is 0.420. The van der Waals surface area contributed by atoms with Crippen molar-refractivity contribution in [2.75, 3.05) is 7.05 Å². The molecule has 0 radical (unpaired) electrons. The minimum atomic E-state index is 0.420. The SMILES string of the molecule is CC[C@@H](C)C(=NC(=NC)C1=CC=CCC1)c1ccccc1. The topological polar surface area (TPSA) is 24.7 Å². The van der Waals surface area contributed by atoms with Gasteiger partial charge in [-0.1, -0.05) is 62.4 Å². The zero-order valence-corrected chi connectivity index (χ0v) is 13.2. The molecule has 1 aliphatic carbocycles. The molecule has 1 aromatic rings. The maximum absolute atomic E-state index is 4.92. The van der Waals surface area contributed by atoms with Gasteiger partial charge in [-0.2, -0.15) is 0 Å². The Morgan fingerprint density at radius 1 is 1.24 bits per heavy atom.